The summed E-state index contributed by atoms with van der Waals surface area (Å²) in [6, 6.07) is 16.6. The highest BCUT2D eigenvalue weighted by atomic mass is 32.2. The number of amides is 1. The Bertz CT molecular complexity index is 803. The minimum Gasteiger partial charge on any atom is -0.506 e. The van der Waals surface area contributed by atoms with Crippen LogP contribution in [-0.2, 0) is 4.79 Å². The lowest BCUT2D eigenvalue weighted by Gasteiger charge is -2.05. The van der Waals surface area contributed by atoms with Gasteiger partial charge in [-0.3, -0.25) is 4.79 Å². The van der Waals surface area contributed by atoms with Crippen LogP contribution in [0.2, 0.25) is 0 Å². The first kappa shape index (κ1) is 15.6. The summed E-state index contributed by atoms with van der Waals surface area (Å²) in [7, 11) is 0. The number of benzene rings is 2. The minimum atomic E-state index is -0.173. The molecule has 0 saturated heterocycles. The Morgan fingerprint density at radius 1 is 1.13 bits per heavy atom. The number of thioether (sulfide) groups is 1. The van der Waals surface area contributed by atoms with Gasteiger partial charge in [0.05, 0.1) is 17.1 Å². The predicted molar refractivity (Wildman–Crippen MR) is 95.0 cm³/mol. The molecule has 0 aliphatic rings. The molecule has 2 N–H and O–H groups in total. The minimum absolute atomic E-state index is 0.0615. The number of anilines is 1. The molecule has 0 bridgehead atoms. The summed E-state index contributed by atoms with van der Waals surface area (Å²) in [6.45, 7) is 0. The smallest absolute Gasteiger partial charge is 0.234 e. The Balaban J connectivity index is 1.58. The zero-order chi connectivity index (χ0) is 16.1. The molecule has 0 radical (unpaired) electrons. The second-order valence-corrected chi connectivity index (χ2v) is 6.80. The maximum Gasteiger partial charge on any atom is 0.234 e. The van der Waals surface area contributed by atoms with Crippen molar-refractivity contribution in [1.29, 1.82) is 0 Å². The Kier molecular flexibility index (Phi) is 4.95. The highest BCUT2D eigenvalue weighted by Gasteiger charge is 2.09. The van der Waals surface area contributed by atoms with Gasteiger partial charge in [0.1, 0.15) is 5.75 Å². The van der Waals surface area contributed by atoms with E-state index in [1.54, 1.807) is 18.2 Å². The SMILES string of the molecule is O=C(CSc1nc(-c2ccccc2)cs1)Nc1ccccc1O. The van der Waals surface area contributed by atoms with Gasteiger partial charge in [0.25, 0.3) is 0 Å². The lowest BCUT2D eigenvalue weighted by Crippen LogP contribution is -2.13. The Hall–Kier alpha value is -2.31. The predicted octanol–water partition coefficient (Wildman–Crippen LogP) is 4.25. The second-order valence-electron chi connectivity index (χ2n) is 4.72. The van der Waals surface area contributed by atoms with Gasteiger partial charge >= 0.3 is 0 Å². The van der Waals surface area contributed by atoms with Crippen molar-refractivity contribution in [2.75, 3.05) is 11.1 Å². The van der Waals surface area contributed by atoms with Crippen molar-refractivity contribution in [2.45, 2.75) is 4.34 Å². The fourth-order valence-corrected chi connectivity index (χ4v) is 3.59. The number of hydrogen-bond donors (Lipinski definition) is 2. The normalized spacial score (nSPS) is 10.4. The lowest BCUT2D eigenvalue weighted by molar-refractivity contribution is -0.113. The highest BCUT2D eigenvalue weighted by Crippen LogP contribution is 2.28. The third kappa shape index (κ3) is 4.12. The molecule has 0 fully saturated rings. The van der Waals surface area contributed by atoms with Crippen LogP contribution in [0.25, 0.3) is 11.3 Å². The van der Waals surface area contributed by atoms with Gasteiger partial charge < -0.3 is 10.4 Å². The van der Waals surface area contributed by atoms with E-state index in [1.807, 2.05) is 35.7 Å². The van der Waals surface area contributed by atoms with Crippen LogP contribution in [0.4, 0.5) is 5.69 Å². The molecule has 116 valence electrons. The summed E-state index contributed by atoms with van der Waals surface area (Å²) in [6.07, 6.45) is 0. The maximum absolute atomic E-state index is 11.9. The largest absolute Gasteiger partial charge is 0.506 e. The molecular weight excluding hydrogens is 328 g/mol. The number of carbonyl (C=O) groups excluding carboxylic acids is 1. The van der Waals surface area contributed by atoms with Crippen molar-refractivity contribution in [3.05, 3.63) is 60.0 Å². The number of aromatic nitrogens is 1. The molecule has 23 heavy (non-hydrogen) atoms. The zero-order valence-electron chi connectivity index (χ0n) is 12.1. The standard InChI is InChI=1S/C17H14N2O2S2/c20-15-9-5-4-8-13(15)18-16(21)11-23-17-19-14(10-22-17)12-6-2-1-3-7-12/h1-10,20H,11H2,(H,18,21). The van der Waals surface area contributed by atoms with Gasteiger partial charge in [-0.15, -0.1) is 11.3 Å². The van der Waals surface area contributed by atoms with E-state index >= 15 is 0 Å². The Labute approximate surface area is 142 Å². The van der Waals surface area contributed by atoms with Gasteiger partial charge in [-0.25, -0.2) is 4.98 Å². The number of para-hydroxylation sites is 2. The molecule has 0 unspecified atom stereocenters. The second kappa shape index (κ2) is 7.30. The topological polar surface area (TPSA) is 62.2 Å². The van der Waals surface area contributed by atoms with Gasteiger partial charge in [0.2, 0.25) is 5.91 Å². The summed E-state index contributed by atoms with van der Waals surface area (Å²) in [5.41, 5.74) is 2.40. The van der Waals surface area contributed by atoms with E-state index in [0.29, 0.717) is 5.69 Å². The number of phenolic OH excluding ortho intramolecular Hbond substituents is 1. The zero-order valence-corrected chi connectivity index (χ0v) is 13.7. The van der Waals surface area contributed by atoms with Crippen molar-refractivity contribution >= 4 is 34.7 Å². The molecule has 0 spiro atoms. The van der Waals surface area contributed by atoms with Gasteiger partial charge in [-0.05, 0) is 12.1 Å². The van der Waals surface area contributed by atoms with E-state index in [0.717, 1.165) is 15.6 Å². The molecule has 3 rings (SSSR count). The van der Waals surface area contributed by atoms with Crippen LogP contribution in [0.3, 0.4) is 0 Å². The molecule has 0 atom stereocenters. The molecule has 2 aromatic carbocycles. The lowest BCUT2D eigenvalue weighted by atomic mass is 10.2. The number of rotatable bonds is 5. The molecular formula is C17H14N2O2S2. The first-order valence-electron chi connectivity index (χ1n) is 6.94. The molecule has 0 saturated carbocycles. The number of carbonyl (C=O) groups is 1. The van der Waals surface area contributed by atoms with Gasteiger partial charge in [0, 0.05) is 10.9 Å². The fraction of sp³-hybridized carbons (Fsp3) is 0.0588. The van der Waals surface area contributed by atoms with Crippen molar-refractivity contribution < 1.29 is 9.90 Å². The van der Waals surface area contributed by atoms with Gasteiger partial charge in [0.15, 0.2) is 4.34 Å². The van der Waals surface area contributed by atoms with Crippen LogP contribution in [-0.4, -0.2) is 21.8 Å². The van der Waals surface area contributed by atoms with E-state index in [-0.39, 0.29) is 17.4 Å². The van der Waals surface area contributed by atoms with Crippen LogP contribution >= 0.6 is 23.1 Å². The summed E-state index contributed by atoms with van der Waals surface area (Å²) >= 11 is 2.90. The van der Waals surface area contributed by atoms with Crippen molar-refractivity contribution in [2.24, 2.45) is 0 Å². The van der Waals surface area contributed by atoms with Crippen LogP contribution in [0.15, 0.2) is 64.3 Å². The molecule has 4 nitrogen and oxygen atoms in total. The van der Waals surface area contributed by atoms with Crippen LogP contribution in [0, 0.1) is 0 Å². The Morgan fingerprint density at radius 3 is 2.65 bits per heavy atom. The Morgan fingerprint density at radius 2 is 1.87 bits per heavy atom. The number of phenols is 1. The van der Waals surface area contributed by atoms with Crippen LogP contribution in [0.5, 0.6) is 5.75 Å². The van der Waals surface area contributed by atoms with Crippen LogP contribution < -0.4 is 5.32 Å². The summed E-state index contributed by atoms with van der Waals surface area (Å²) in [5.74, 6) is 0.134. The molecule has 1 aromatic heterocycles. The fourth-order valence-electron chi connectivity index (χ4n) is 1.96. The quantitative estimate of drug-likeness (QED) is 0.537. The summed E-state index contributed by atoms with van der Waals surface area (Å²) < 4.78 is 0.844. The third-order valence-corrected chi connectivity index (χ3v) is 5.08. The average Bonchev–Trinajstić information content (AvgIpc) is 3.05. The van der Waals surface area contributed by atoms with E-state index in [9.17, 15) is 9.90 Å². The molecule has 6 heteroatoms. The third-order valence-electron chi connectivity index (χ3n) is 3.06. The molecule has 0 aliphatic heterocycles. The molecule has 0 aliphatic carbocycles. The number of aromatic hydroxyl groups is 1. The first-order valence-corrected chi connectivity index (χ1v) is 8.80. The van der Waals surface area contributed by atoms with E-state index in [1.165, 1.54) is 29.2 Å². The monoisotopic (exact) mass is 342 g/mol. The van der Waals surface area contributed by atoms with E-state index < -0.39 is 0 Å². The maximum atomic E-state index is 11.9. The van der Waals surface area contributed by atoms with Crippen molar-refractivity contribution in [1.82, 2.24) is 4.98 Å². The number of hydrogen-bond acceptors (Lipinski definition) is 5. The van der Waals surface area contributed by atoms with Gasteiger partial charge in [-0.1, -0.05) is 54.2 Å². The number of thiazole rings is 1. The first-order chi connectivity index (χ1) is 11.2. The van der Waals surface area contributed by atoms with E-state index in [4.69, 9.17) is 0 Å². The highest BCUT2D eigenvalue weighted by molar-refractivity contribution is 8.01. The summed E-state index contributed by atoms with van der Waals surface area (Å²) in [4.78, 5) is 16.5. The average molecular weight is 342 g/mol. The van der Waals surface area contributed by atoms with Gasteiger partial charge in [-0.2, -0.15) is 0 Å². The molecule has 1 amide bonds. The van der Waals surface area contributed by atoms with Crippen LogP contribution in [0.1, 0.15) is 0 Å². The van der Waals surface area contributed by atoms with E-state index in [2.05, 4.69) is 10.3 Å². The van der Waals surface area contributed by atoms with Crippen molar-refractivity contribution in [3.8, 4) is 17.0 Å². The van der Waals surface area contributed by atoms with Crippen molar-refractivity contribution in [3.63, 3.8) is 0 Å². The summed E-state index contributed by atoms with van der Waals surface area (Å²) in [5, 5.41) is 14.3. The number of nitrogens with zero attached hydrogens (tertiary/aromatic N) is 1. The molecule has 1 heterocycles. The molecule has 3 aromatic rings. The number of nitrogens with one attached hydrogen (secondary N) is 1.